The maximum Gasteiger partial charge on any atom is 0.319 e. The summed E-state index contributed by atoms with van der Waals surface area (Å²) in [5.41, 5.74) is 2.95. The molecule has 0 radical (unpaired) electrons. The molecule has 1 aromatic rings. The van der Waals surface area contributed by atoms with Gasteiger partial charge in [0.25, 0.3) is 0 Å². The molecule has 0 bridgehead atoms. The Morgan fingerprint density at radius 3 is 2.46 bits per heavy atom. The quantitative estimate of drug-likeness (QED) is 0.853. The second kappa shape index (κ2) is 7.68. The predicted molar refractivity (Wildman–Crippen MR) is 103 cm³/mol. The molecule has 1 aliphatic heterocycles. The zero-order chi connectivity index (χ0) is 17.9. The van der Waals surface area contributed by atoms with Crippen molar-refractivity contribution >= 4 is 23.3 Å². The van der Waals surface area contributed by atoms with E-state index in [9.17, 15) is 9.59 Å². The molecule has 0 unspecified atom stereocenters. The molecule has 26 heavy (non-hydrogen) atoms. The fourth-order valence-corrected chi connectivity index (χ4v) is 4.68. The molecule has 0 saturated heterocycles. The van der Waals surface area contributed by atoms with Crippen molar-refractivity contribution in [3.05, 3.63) is 23.8 Å². The van der Waals surface area contributed by atoms with Crippen molar-refractivity contribution in [3.8, 4) is 0 Å². The van der Waals surface area contributed by atoms with Gasteiger partial charge in [0.05, 0.1) is 0 Å². The Kier molecular flexibility index (Phi) is 5.14. The Morgan fingerprint density at radius 1 is 0.962 bits per heavy atom. The molecule has 1 aromatic carbocycles. The summed E-state index contributed by atoms with van der Waals surface area (Å²) < 4.78 is 0. The van der Waals surface area contributed by atoms with Crippen LogP contribution in [-0.2, 0) is 11.2 Å². The number of carbonyl (C=O) groups is 2. The molecule has 2 fully saturated rings. The van der Waals surface area contributed by atoms with E-state index in [4.69, 9.17) is 0 Å². The van der Waals surface area contributed by atoms with Gasteiger partial charge in [-0.15, -0.1) is 0 Å². The summed E-state index contributed by atoms with van der Waals surface area (Å²) in [5, 5.41) is 6.04. The number of nitrogens with zero attached hydrogens (tertiary/aromatic N) is 1. The Balaban J connectivity index is 1.41. The van der Waals surface area contributed by atoms with E-state index in [2.05, 4.69) is 10.6 Å². The summed E-state index contributed by atoms with van der Waals surface area (Å²) in [5.74, 6) is 0.456. The van der Waals surface area contributed by atoms with Gasteiger partial charge in [0.15, 0.2) is 0 Å². The van der Waals surface area contributed by atoms with Crippen LogP contribution in [-0.4, -0.2) is 24.5 Å². The van der Waals surface area contributed by atoms with Crippen molar-refractivity contribution in [2.75, 3.05) is 16.8 Å². The first-order chi connectivity index (χ1) is 12.7. The van der Waals surface area contributed by atoms with Gasteiger partial charge >= 0.3 is 6.03 Å². The minimum absolute atomic E-state index is 0.136. The molecule has 2 N–H and O–H groups in total. The molecule has 2 saturated carbocycles. The highest BCUT2D eigenvalue weighted by molar-refractivity contribution is 5.98. The Bertz CT molecular complexity index is 676. The van der Waals surface area contributed by atoms with Gasteiger partial charge in [0.2, 0.25) is 5.91 Å². The number of carbonyl (C=O) groups excluding carboxylic acids is 2. The highest BCUT2D eigenvalue weighted by Gasteiger charge is 2.32. The van der Waals surface area contributed by atoms with Crippen LogP contribution in [0.25, 0.3) is 0 Å². The van der Waals surface area contributed by atoms with Crippen molar-refractivity contribution in [1.29, 1.82) is 0 Å². The molecule has 0 aromatic heterocycles. The number of rotatable bonds is 3. The fraction of sp³-hybridized carbons (Fsp3) is 0.619. The second-order valence-electron chi connectivity index (χ2n) is 8.00. The lowest BCUT2D eigenvalue weighted by molar-refractivity contribution is -0.122. The largest absolute Gasteiger partial charge is 0.335 e. The van der Waals surface area contributed by atoms with Crippen molar-refractivity contribution in [2.24, 2.45) is 5.92 Å². The number of benzene rings is 1. The van der Waals surface area contributed by atoms with Crippen molar-refractivity contribution in [3.63, 3.8) is 0 Å². The zero-order valence-corrected chi connectivity index (χ0v) is 15.4. The van der Waals surface area contributed by atoms with E-state index in [1.807, 2.05) is 23.1 Å². The summed E-state index contributed by atoms with van der Waals surface area (Å²) in [4.78, 5) is 27.1. The molecule has 0 spiro atoms. The summed E-state index contributed by atoms with van der Waals surface area (Å²) >= 11 is 0. The van der Waals surface area contributed by atoms with Crippen LogP contribution in [0.5, 0.6) is 0 Å². The molecule has 3 aliphatic rings. The van der Waals surface area contributed by atoms with Crippen LogP contribution >= 0.6 is 0 Å². The lowest BCUT2D eigenvalue weighted by Gasteiger charge is -2.23. The average Bonchev–Trinajstić information content (AvgIpc) is 3.32. The number of hydrogen-bond donors (Lipinski definition) is 2. The average molecular weight is 355 g/mol. The van der Waals surface area contributed by atoms with Crippen LogP contribution < -0.4 is 15.5 Å². The molecule has 0 atom stereocenters. The van der Waals surface area contributed by atoms with Crippen molar-refractivity contribution in [2.45, 2.75) is 70.3 Å². The van der Waals surface area contributed by atoms with Gasteiger partial charge in [0, 0.05) is 29.9 Å². The van der Waals surface area contributed by atoms with Gasteiger partial charge in [0.1, 0.15) is 0 Å². The van der Waals surface area contributed by atoms with Crippen LogP contribution in [0, 0.1) is 5.92 Å². The lowest BCUT2D eigenvalue weighted by Crippen LogP contribution is -2.39. The Labute approximate surface area is 155 Å². The third kappa shape index (κ3) is 3.71. The van der Waals surface area contributed by atoms with Crippen LogP contribution in [0.1, 0.15) is 63.4 Å². The minimum atomic E-state index is -0.136. The second-order valence-corrected chi connectivity index (χ2v) is 8.00. The van der Waals surface area contributed by atoms with Gasteiger partial charge in [-0.1, -0.05) is 38.2 Å². The first-order valence-electron chi connectivity index (χ1n) is 10.2. The molecule has 3 amide bonds. The van der Waals surface area contributed by atoms with Gasteiger partial charge in [-0.2, -0.15) is 0 Å². The maximum atomic E-state index is 12.8. The fourth-order valence-electron chi connectivity index (χ4n) is 4.68. The van der Waals surface area contributed by atoms with Gasteiger partial charge in [-0.05, 0) is 49.8 Å². The maximum absolute atomic E-state index is 12.8. The topological polar surface area (TPSA) is 61.4 Å². The smallest absolute Gasteiger partial charge is 0.319 e. The molecule has 5 nitrogen and oxygen atoms in total. The molecule has 5 heteroatoms. The highest BCUT2D eigenvalue weighted by atomic mass is 16.2. The first-order valence-corrected chi connectivity index (χ1v) is 10.2. The molecular weight excluding hydrogens is 326 g/mol. The number of urea groups is 1. The number of amides is 3. The van der Waals surface area contributed by atoms with Crippen LogP contribution in [0.2, 0.25) is 0 Å². The van der Waals surface area contributed by atoms with E-state index in [0.717, 1.165) is 50.0 Å². The minimum Gasteiger partial charge on any atom is -0.335 e. The SMILES string of the molecule is O=C(Nc1ccc2c(c1)N(C(=O)C1CCCC1)CC2)NC1CCCCC1. The zero-order valence-electron chi connectivity index (χ0n) is 15.4. The normalized spacial score (nSPS) is 20.8. The molecule has 1 heterocycles. The number of hydrogen-bond acceptors (Lipinski definition) is 2. The van der Waals surface area contributed by atoms with E-state index in [1.165, 1.54) is 37.7 Å². The van der Waals surface area contributed by atoms with E-state index in [-0.39, 0.29) is 17.9 Å². The van der Waals surface area contributed by atoms with E-state index >= 15 is 0 Å². The molecule has 140 valence electrons. The van der Waals surface area contributed by atoms with E-state index < -0.39 is 0 Å². The van der Waals surface area contributed by atoms with Crippen molar-refractivity contribution < 1.29 is 9.59 Å². The van der Waals surface area contributed by atoms with Crippen LogP contribution in [0.4, 0.5) is 16.2 Å². The van der Waals surface area contributed by atoms with Gasteiger partial charge < -0.3 is 15.5 Å². The first kappa shape index (κ1) is 17.4. The summed E-state index contributed by atoms with van der Waals surface area (Å²) in [7, 11) is 0. The Morgan fingerprint density at radius 2 is 1.69 bits per heavy atom. The predicted octanol–water partition coefficient (Wildman–Crippen LogP) is 4.22. The molecule has 2 aliphatic carbocycles. The molecule has 4 rings (SSSR count). The number of nitrogens with one attached hydrogen (secondary N) is 2. The number of fused-ring (bicyclic) bond motifs is 1. The highest BCUT2D eigenvalue weighted by Crippen LogP contribution is 2.35. The molecular formula is C21H29N3O2. The van der Waals surface area contributed by atoms with Gasteiger partial charge in [-0.25, -0.2) is 4.79 Å². The van der Waals surface area contributed by atoms with E-state index in [1.54, 1.807) is 0 Å². The summed E-state index contributed by atoms with van der Waals surface area (Å²) in [6, 6.07) is 6.12. The van der Waals surface area contributed by atoms with Crippen LogP contribution in [0.15, 0.2) is 18.2 Å². The lowest BCUT2D eigenvalue weighted by atomic mass is 9.96. The summed E-state index contributed by atoms with van der Waals surface area (Å²) in [6.45, 7) is 0.766. The summed E-state index contributed by atoms with van der Waals surface area (Å²) in [6.07, 6.45) is 11.1. The van der Waals surface area contributed by atoms with Crippen molar-refractivity contribution in [1.82, 2.24) is 5.32 Å². The van der Waals surface area contributed by atoms with Gasteiger partial charge in [-0.3, -0.25) is 4.79 Å². The van der Waals surface area contributed by atoms with Crippen LogP contribution in [0.3, 0.4) is 0 Å². The Hall–Kier alpha value is -2.04. The number of anilines is 2. The standard InChI is InChI=1S/C21H29N3O2/c25-20(16-6-4-5-7-16)24-13-12-15-10-11-18(14-19(15)24)23-21(26)22-17-8-2-1-3-9-17/h10-11,14,16-17H,1-9,12-13H2,(H2,22,23,26). The van der Waals surface area contributed by atoms with E-state index in [0.29, 0.717) is 6.04 Å². The monoisotopic (exact) mass is 355 g/mol. The third-order valence-electron chi connectivity index (χ3n) is 6.15. The third-order valence-corrected chi connectivity index (χ3v) is 6.15.